The number of allylic oxidation sites excluding steroid dienone is 2. The number of nitrogens with one attached hydrogen (secondary N) is 1. The molecule has 3 rings (SSSR count). The first-order valence-electron chi connectivity index (χ1n) is 9.43. The number of benzene rings is 3. The summed E-state index contributed by atoms with van der Waals surface area (Å²) in [7, 11) is 0. The van der Waals surface area contributed by atoms with Crippen molar-refractivity contribution in [1.82, 2.24) is 0 Å². The summed E-state index contributed by atoms with van der Waals surface area (Å²) < 4.78 is 39.5. The Labute approximate surface area is 178 Å². The van der Waals surface area contributed by atoms with Crippen LogP contribution in [0.4, 0.5) is 24.5 Å². The highest BCUT2D eigenvalue weighted by Gasteiger charge is 2.30. The molecule has 0 atom stereocenters. The topological polar surface area (TPSA) is 61.8 Å². The van der Waals surface area contributed by atoms with E-state index in [0.29, 0.717) is 28.9 Å². The lowest BCUT2D eigenvalue weighted by Gasteiger charge is -2.15. The molecule has 0 aromatic heterocycles. The van der Waals surface area contributed by atoms with E-state index in [1.54, 1.807) is 42.5 Å². The summed E-state index contributed by atoms with van der Waals surface area (Å²) in [6, 6.07) is 23.2. The molecular formula is C25H20F3N3. The predicted octanol–water partition coefficient (Wildman–Crippen LogP) is 6.30. The van der Waals surface area contributed by atoms with Crippen LogP contribution in [0.3, 0.4) is 0 Å². The van der Waals surface area contributed by atoms with Gasteiger partial charge >= 0.3 is 6.18 Å². The lowest BCUT2D eigenvalue weighted by atomic mass is 10.0. The molecule has 0 radical (unpaired) electrons. The van der Waals surface area contributed by atoms with Crippen molar-refractivity contribution >= 4 is 17.1 Å². The fourth-order valence-corrected chi connectivity index (χ4v) is 3.06. The largest absolute Gasteiger partial charge is 0.415 e. The van der Waals surface area contributed by atoms with Crippen LogP contribution in [0.15, 0.2) is 91.0 Å². The van der Waals surface area contributed by atoms with Crippen LogP contribution in [0.25, 0.3) is 5.70 Å². The molecule has 156 valence electrons. The summed E-state index contributed by atoms with van der Waals surface area (Å²) in [4.78, 5) is 0. The zero-order valence-corrected chi connectivity index (χ0v) is 16.6. The Kier molecular flexibility index (Phi) is 6.46. The van der Waals surface area contributed by atoms with Crippen molar-refractivity contribution in [2.45, 2.75) is 12.6 Å². The van der Waals surface area contributed by atoms with E-state index in [1.165, 1.54) is 0 Å². The van der Waals surface area contributed by atoms with Gasteiger partial charge in [-0.15, -0.1) is 0 Å². The van der Waals surface area contributed by atoms with Gasteiger partial charge in [0.2, 0.25) is 0 Å². The third-order valence-corrected chi connectivity index (χ3v) is 4.55. The molecule has 31 heavy (non-hydrogen) atoms. The molecule has 0 heterocycles. The van der Waals surface area contributed by atoms with Crippen molar-refractivity contribution in [2.24, 2.45) is 0 Å². The van der Waals surface area contributed by atoms with Crippen molar-refractivity contribution in [3.63, 3.8) is 0 Å². The second-order valence-corrected chi connectivity index (χ2v) is 7.02. The number of rotatable bonds is 6. The summed E-state index contributed by atoms with van der Waals surface area (Å²) in [5.74, 6) is 0. The molecule has 0 amide bonds. The Morgan fingerprint density at radius 2 is 1.68 bits per heavy atom. The SMILES string of the molecule is C=C(/C=C(\Nc1cccc(C#N)c1)c1cccc(Cc2cccc(N)c2)c1)C(F)(F)F. The molecule has 3 aromatic carbocycles. The Morgan fingerprint density at radius 1 is 1.00 bits per heavy atom. The van der Waals surface area contributed by atoms with Gasteiger partial charge in [0.15, 0.2) is 0 Å². The smallest absolute Gasteiger partial charge is 0.399 e. The monoisotopic (exact) mass is 419 g/mol. The van der Waals surface area contributed by atoms with Gasteiger partial charge in [-0.3, -0.25) is 0 Å². The Hall–Kier alpha value is -3.98. The Bertz CT molecular complexity index is 1170. The number of nitriles is 1. The predicted molar refractivity (Wildman–Crippen MR) is 118 cm³/mol. The second-order valence-electron chi connectivity index (χ2n) is 7.02. The molecule has 3 N–H and O–H groups in total. The van der Waals surface area contributed by atoms with Crippen molar-refractivity contribution in [3.05, 3.63) is 113 Å². The lowest BCUT2D eigenvalue weighted by Crippen LogP contribution is -2.10. The van der Waals surface area contributed by atoms with Gasteiger partial charge in [-0.05, 0) is 65.6 Å². The van der Waals surface area contributed by atoms with Gasteiger partial charge in [0.25, 0.3) is 0 Å². The van der Waals surface area contributed by atoms with Gasteiger partial charge in [0.05, 0.1) is 17.2 Å². The average Bonchev–Trinajstić information content (AvgIpc) is 2.73. The molecule has 3 aromatic rings. The number of hydrogen-bond donors (Lipinski definition) is 2. The highest BCUT2D eigenvalue weighted by molar-refractivity contribution is 5.79. The number of hydrogen-bond acceptors (Lipinski definition) is 3. The number of anilines is 2. The van der Waals surface area contributed by atoms with Crippen molar-refractivity contribution in [3.8, 4) is 6.07 Å². The third kappa shape index (κ3) is 6.00. The molecule has 0 aliphatic heterocycles. The molecule has 0 saturated heterocycles. The lowest BCUT2D eigenvalue weighted by molar-refractivity contribution is -0.0877. The van der Waals surface area contributed by atoms with E-state index < -0.39 is 11.7 Å². The van der Waals surface area contributed by atoms with Gasteiger partial charge in [-0.2, -0.15) is 18.4 Å². The summed E-state index contributed by atoms with van der Waals surface area (Å²) >= 11 is 0. The zero-order chi connectivity index (χ0) is 22.4. The second kappa shape index (κ2) is 9.23. The van der Waals surface area contributed by atoms with Crippen molar-refractivity contribution in [2.75, 3.05) is 11.1 Å². The zero-order valence-electron chi connectivity index (χ0n) is 16.6. The van der Waals surface area contributed by atoms with Gasteiger partial charge in [-0.25, -0.2) is 0 Å². The minimum atomic E-state index is -4.55. The van der Waals surface area contributed by atoms with E-state index in [0.717, 1.165) is 17.2 Å². The van der Waals surface area contributed by atoms with E-state index in [1.807, 2.05) is 36.4 Å². The fourth-order valence-electron chi connectivity index (χ4n) is 3.06. The van der Waals surface area contributed by atoms with Crippen LogP contribution >= 0.6 is 0 Å². The number of halogens is 3. The van der Waals surface area contributed by atoms with Crippen LogP contribution in [0.5, 0.6) is 0 Å². The molecule has 0 aliphatic carbocycles. The van der Waals surface area contributed by atoms with E-state index >= 15 is 0 Å². The van der Waals surface area contributed by atoms with Crippen LogP contribution < -0.4 is 11.1 Å². The Morgan fingerprint density at radius 3 is 2.35 bits per heavy atom. The minimum Gasteiger partial charge on any atom is -0.399 e. The molecule has 0 saturated carbocycles. The molecule has 0 fully saturated rings. The fraction of sp³-hybridized carbons (Fsp3) is 0.0800. The Balaban J connectivity index is 1.97. The average molecular weight is 419 g/mol. The van der Waals surface area contributed by atoms with Crippen LogP contribution in [0, 0.1) is 11.3 Å². The molecule has 0 unspecified atom stereocenters. The van der Waals surface area contributed by atoms with Crippen LogP contribution in [0.2, 0.25) is 0 Å². The molecule has 0 bridgehead atoms. The summed E-state index contributed by atoms with van der Waals surface area (Å²) in [5.41, 5.74) is 9.11. The van der Waals surface area contributed by atoms with E-state index in [-0.39, 0.29) is 5.70 Å². The van der Waals surface area contributed by atoms with Gasteiger partial charge in [0, 0.05) is 17.1 Å². The normalized spacial score (nSPS) is 11.6. The molecule has 3 nitrogen and oxygen atoms in total. The number of nitrogen functional groups attached to an aromatic ring is 1. The summed E-state index contributed by atoms with van der Waals surface area (Å²) in [6.07, 6.45) is -3.00. The van der Waals surface area contributed by atoms with Gasteiger partial charge in [0.1, 0.15) is 0 Å². The minimum absolute atomic E-state index is 0.229. The maximum Gasteiger partial charge on any atom is 0.415 e. The summed E-state index contributed by atoms with van der Waals surface area (Å²) in [5, 5.41) is 12.1. The number of nitrogens with two attached hydrogens (primary N) is 1. The van der Waals surface area contributed by atoms with Gasteiger partial charge < -0.3 is 11.1 Å². The van der Waals surface area contributed by atoms with E-state index in [4.69, 9.17) is 11.0 Å². The van der Waals surface area contributed by atoms with E-state index in [2.05, 4.69) is 11.9 Å². The maximum absolute atomic E-state index is 13.2. The van der Waals surface area contributed by atoms with Gasteiger partial charge in [-0.1, -0.05) is 43.0 Å². The highest BCUT2D eigenvalue weighted by Crippen LogP contribution is 2.29. The highest BCUT2D eigenvalue weighted by atomic mass is 19.4. The van der Waals surface area contributed by atoms with E-state index in [9.17, 15) is 13.2 Å². The van der Waals surface area contributed by atoms with Crippen molar-refractivity contribution in [1.29, 1.82) is 5.26 Å². The quantitative estimate of drug-likeness (QED) is 0.364. The third-order valence-electron chi connectivity index (χ3n) is 4.55. The summed E-state index contributed by atoms with van der Waals surface area (Å²) in [6.45, 7) is 3.16. The van der Waals surface area contributed by atoms with Crippen LogP contribution in [-0.4, -0.2) is 6.18 Å². The number of nitrogens with zero attached hydrogens (tertiary/aromatic N) is 1. The van der Waals surface area contributed by atoms with Crippen LogP contribution in [-0.2, 0) is 6.42 Å². The molecule has 6 heteroatoms. The molecular weight excluding hydrogens is 399 g/mol. The first-order chi connectivity index (χ1) is 14.7. The van der Waals surface area contributed by atoms with Crippen molar-refractivity contribution < 1.29 is 13.2 Å². The maximum atomic E-state index is 13.2. The number of alkyl halides is 3. The first-order valence-corrected chi connectivity index (χ1v) is 9.43. The molecule has 0 spiro atoms. The molecule has 0 aliphatic rings. The van der Waals surface area contributed by atoms with Crippen LogP contribution in [0.1, 0.15) is 22.3 Å². The standard InChI is InChI=1S/C25H20F3N3/c1-17(25(26,27)28)11-24(31-23-10-4-7-20(15-23)16-29)21-8-2-5-18(13-21)12-19-6-3-9-22(30)14-19/h2-11,13-15,31H,1,12,30H2/b24-11-. The first kappa shape index (κ1) is 21.7.